The molecule has 0 saturated heterocycles. The molecule has 4 N–H and O–H groups in total. The number of amides is 1. The van der Waals surface area contributed by atoms with Gasteiger partial charge < -0.3 is 16.5 Å². The molecule has 17 heavy (non-hydrogen) atoms. The molecule has 0 fully saturated rings. The van der Waals surface area contributed by atoms with Gasteiger partial charge in [0.15, 0.2) is 0 Å². The summed E-state index contributed by atoms with van der Waals surface area (Å²) in [5.41, 5.74) is 7.38. The largest absolute Gasteiger partial charge is 0.398 e. The number of nitrogens with one attached hydrogen (secondary N) is 2. The molecule has 0 aromatic heterocycles. The van der Waals surface area contributed by atoms with Crippen molar-refractivity contribution in [2.45, 2.75) is 0 Å². The first kappa shape index (κ1) is 12.5. The molecule has 0 aliphatic rings. The Morgan fingerprint density at radius 1 is 1.59 bits per heavy atom. The molecule has 0 aliphatic carbocycles. The molecular formula is C12H12N4O. The summed E-state index contributed by atoms with van der Waals surface area (Å²) < 4.78 is 0. The second-order valence-corrected chi connectivity index (χ2v) is 3.28. The molecule has 0 radical (unpaired) electrons. The van der Waals surface area contributed by atoms with Crippen LogP contribution in [0, 0.1) is 16.7 Å². The number of anilines is 1. The lowest BCUT2D eigenvalue weighted by Gasteiger charge is -2.02. The fourth-order valence-corrected chi connectivity index (χ4v) is 1.26. The van der Waals surface area contributed by atoms with Crippen LogP contribution in [0.1, 0.15) is 11.1 Å². The topological polar surface area (TPSA) is 103 Å². The number of nitriles is 1. The number of nitrogens with two attached hydrogens (primary N) is 1. The number of rotatable bonds is 3. The lowest BCUT2D eigenvalue weighted by atomic mass is 10.1. The van der Waals surface area contributed by atoms with Crippen molar-refractivity contribution in [3.05, 3.63) is 34.9 Å². The molecular weight excluding hydrogens is 216 g/mol. The molecule has 0 spiro atoms. The van der Waals surface area contributed by atoms with Crippen molar-refractivity contribution in [2.75, 3.05) is 12.8 Å². The smallest absolute Gasteiger partial charge is 0.261 e. The van der Waals surface area contributed by atoms with E-state index in [1.165, 1.54) is 13.1 Å². The average Bonchev–Trinajstić information content (AvgIpc) is 2.35. The summed E-state index contributed by atoms with van der Waals surface area (Å²) >= 11 is 0. The Balaban J connectivity index is 3.14. The van der Waals surface area contributed by atoms with E-state index in [2.05, 4.69) is 5.32 Å². The number of hydrogen-bond acceptors (Lipinski definition) is 4. The summed E-state index contributed by atoms with van der Waals surface area (Å²) in [7, 11) is 1.46. The van der Waals surface area contributed by atoms with Crippen molar-refractivity contribution in [3.8, 4) is 6.07 Å². The van der Waals surface area contributed by atoms with Gasteiger partial charge >= 0.3 is 0 Å². The Morgan fingerprint density at radius 3 is 2.76 bits per heavy atom. The molecule has 0 bridgehead atoms. The van der Waals surface area contributed by atoms with Gasteiger partial charge in [0.1, 0.15) is 11.6 Å². The number of nitrogens with zero attached hydrogens (tertiary/aromatic N) is 1. The fourth-order valence-electron chi connectivity index (χ4n) is 1.26. The molecule has 1 amide bonds. The molecule has 0 atom stereocenters. The van der Waals surface area contributed by atoms with Crippen LogP contribution in [0.4, 0.5) is 5.69 Å². The van der Waals surface area contributed by atoms with Crippen LogP contribution < -0.4 is 11.1 Å². The summed E-state index contributed by atoms with van der Waals surface area (Å²) in [6.45, 7) is 0. The first-order chi connectivity index (χ1) is 8.12. The number of carbonyl (C=O) groups is 1. The predicted molar refractivity (Wildman–Crippen MR) is 66.4 cm³/mol. The Bertz CT molecular complexity index is 526. The average molecular weight is 228 g/mol. The molecule has 0 heterocycles. The maximum absolute atomic E-state index is 11.3. The van der Waals surface area contributed by atoms with Gasteiger partial charge in [0.05, 0.1) is 0 Å². The van der Waals surface area contributed by atoms with Gasteiger partial charge in [-0.25, -0.2) is 0 Å². The third-order valence-electron chi connectivity index (χ3n) is 2.17. The van der Waals surface area contributed by atoms with E-state index >= 15 is 0 Å². The first-order valence-corrected chi connectivity index (χ1v) is 4.86. The zero-order valence-corrected chi connectivity index (χ0v) is 9.32. The molecule has 0 unspecified atom stereocenters. The minimum atomic E-state index is -0.442. The van der Waals surface area contributed by atoms with E-state index in [1.807, 2.05) is 6.07 Å². The third kappa shape index (κ3) is 2.92. The van der Waals surface area contributed by atoms with Gasteiger partial charge in [0.25, 0.3) is 5.91 Å². The van der Waals surface area contributed by atoms with Crippen LogP contribution in [0.15, 0.2) is 23.8 Å². The number of hydrogen-bond donors (Lipinski definition) is 3. The zero-order valence-electron chi connectivity index (χ0n) is 9.32. The van der Waals surface area contributed by atoms with E-state index < -0.39 is 5.91 Å². The highest BCUT2D eigenvalue weighted by molar-refractivity contribution is 6.01. The highest BCUT2D eigenvalue weighted by atomic mass is 16.1. The molecule has 0 aliphatic heterocycles. The minimum Gasteiger partial charge on any atom is -0.398 e. The number of benzene rings is 1. The van der Waals surface area contributed by atoms with Crippen LogP contribution in [-0.2, 0) is 4.79 Å². The Morgan fingerprint density at radius 2 is 2.29 bits per heavy atom. The quantitative estimate of drug-likeness (QED) is 0.310. The maximum atomic E-state index is 11.3. The monoisotopic (exact) mass is 228 g/mol. The van der Waals surface area contributed by atoms with Crippen LogP contribution in [-0.4, -0.2) is 19.2 Å². The number of nitrogen functional groups attached to an aromatic ring is 1. The zero-order chi connectivity index (χ0) is 12.8. The van der Waals surface area contributed by atoms with Crippen LogP contribution >= 0.6 is 0 Å². The minimum absolute atomic E-state index is 0.00880. The van der Waals surface area contributed by atoms with Gasteiger partial charge in [0.2, 0.25) is 0 Å². The van der Waals surface area contributed by atoms with E-state index in [4.69, 9.17) is 16.4 Å². The van der Waals surface area contributed by atoms with Gasteiger partial charge in [0, 0.05) is 24.5 Å². The lowest BCUT2D eigenvalue weighted by Crippen LogP contribution is -2.19. The highest BCUT2D eigenvalue weighted by Crippen LogP contribution is 2.15. The van der Waals surface area contributed by atoms with Crippen LogP contribution in [0.5, 0.6) is 0 Å². The van der Waals surface area contributed by atoms with Crippen molar-refractivity contribution < 1.29 is 4.79 Å². The van der Waals surface area contributed by atoms with Gasteiger partial charge in [-0.3, -0.25) is 4.79 Å². The Labute approximate surface area is 99.1 Å². The van der Waals surface area contributed by atoms with E-state index in [9.17, 15) is 4.79 Å². The van der Waals surface area contributed by atoms with Gasteiger partial charge in [-0.1, -0.05) is 12.1 Å². The number of carbonyl (C=O) groups excluding carboxylic acids is 1. The lowest BCUT2D eigenvalue weighted by molar-refractivity contribution is -0.116. The van der Waals surface area contributed by atoms with Crippen molar-refractivity contribution in [1.29, 1.82) is 10.7 Å². The van der Waals surface area contributed by atoms with Crippen molar-refractivity contribution in [3.63, 3.8) is 0 Å². The maximum Gasteiger partial charge on any atom is 0.261 e. The molecule has 1 aromatic rings. The summed E-state index contributed by atoms with van der Waals surface area (Å²) in [5.74, 6) is -0.442. The second-order valence-electron chi connectivity index (χ2n) is 3.28. The summed E-state index contributed by atoms with van der Waals surface area (Å²) in [6, 6.07) is 6.78. The highest BCUT2D eigenvalue weighted by Gasteiger charge is 2.06. The molecule has 1 rings (SSSR count). The van der Waals surface area contributed by atoms with Gasteiger partial charge in [-0.05, 0) is 17.7 Å². The van der Waals surface area contributed by atoms with Crippen molar-refractivity contribution in [2.24, 2.45) is 0 Å². The normalized spacial score (nSPS) is 10.5. The van der Waals surface area contributed by atoms with E-state index in [-0.39, 0.29) is 5.57 Å². The molecule has 0 saturated carbocycles. The SMILES string of the molecule is CNC(=O)/C(C#N)=C/c1ccc(C=N)c(N)c1. The Hall–Kier alpha value is -2.61. The molecule has 5 heteroatoms. The summed E-state index contributed by atoms with van der Waals surface area (Å²) in [5, 5.41) is 18.3. The van der Waals surface area contributed by atoms with E-state index in [0.29, 0.717) is 16.8 Å². The van der Waals surface area contributed by atoms with E-state index in [0.717, 1.165) is 6.21 Å². The fraction of sp³-hybridized carbons (Fsp3) is 0.0833. The molecule has 5 nitrogen and oxygen atoms in total. The van der Waals surface area contributed by atoms with Crippen molar-refractivity contribution >= 4 is 23.9 Å². The van der Waals surface area contributed by atoms with Crippen LogP contribution in [0.2, 0.25) is 0 Å². The molecule has 1 aromatic carbocycles. The summed E-state index contributed by atoms with van der Waals surface area (Å²) in [4.78, 5) is 11.3. The Kier molecular flexibility index (Phi) is 4.01. The predicted octanol–water partition coefficient (Wildman–Crippen LogP) is 0.919. The first-order valence-electron chi connectivity index (χ1n) is 4.86. The summed E-state index contributed by atoms with van der Waals surface area (Å²) in [6.07, 6.45) is 2.59. The number of likely N-dealkylation sites (N-methyl/N-ethyl adjacent to an activating group) is 1. The third-order valence-corrected chi connectivity index (χ3v) is 2.17. The second kappa shape index (κ2) is 5.47. The van der Waals surface area contributed by atoms with Crippen molar-refractivity contribution in [1.82, 2.24) is 5.32 Å². The van der Waals surface area contributed by atoms with E-state index in [1.54, 1.807) is 18.2 Å². The van der Waals surface area contributed by atoms with Crippen LogP contribution in [0.25, 0.3) is 6.08 Å². The van der Waals surface area contributed by atoms with Gasteiger partial charge in [-0.2, -0.15) is 5.26 Å². The standard InChI is InChI=1S/C12H12N4O/c1-16-12(17)10(7-14)4-8-2-3-9(6-13)11(15)5-8/h2-6,13H,15H2,1H3,(H,16,17)/b10-4+,13-6?. The van der Waals surface area contributed by atoms with Crippen LogP contribution in [0.3, 0.4) is 0 Å². The van der Waals surface area contributed by atoms with Gasteiger partial charge in [-0.15, -0.1) is 0 Å². The molecule has 86 valence electrons.